The van der Waals surface area contributed by atoms with Crippen LogP contribution in [0.25, 0.3) is 5.69 Å². The molecule has 2 aromatic carbocycles. The minimum absolute atomic E-state index is 0.409. The Hall–Kier alpha value is -3.19. The van der Waals surface area contributed by atoms with E-state index in [1.807, 2.05) is 19.9 Å². The van der Waals surface area contributed by atoms with Crippen molar-refractivity contribution in [3.8, 4) is 5.69 Å². The van der Waals surface area contributed by atoms with Crippen LogP contribution in [-0.4, -0.2) is 33.2 Å². The molecule has 0 saturated carbocycles. The summed E-state index contributed by atoms with van der Waals surface area (Å²) < 4.78 is 6.61. The molecule has 0 bridgehead atoms. The lowest BCUT2D eigenvalue weighted by Crippen LogP contribution is -2.22. The molecule has 0 atom stereocenters. The molecule has 0 aliphatic heterocycles. The smallest absolute Gasteiger partial charge is 0.338 e. The third-order valence-electron chi connectivity index (χ3n) is 3.69. The fraction of sp³-hybridized carbons (Fsp3) is 0.158. The summed E-state index contributed by atoms with van der Waals surface area (Å²) in [6, 6.07) is 10.3. The number of nitrogens with zero attached hydrogens (tertiary/aromatic N) is 3. The Morgan fingerprint density at radius 2 is 1.89 bits per heavy atom. The SMILES string of the molecule is Cc1cc(C)cc(C(=O)OCC(=O)Nc2cc(Cl)ccc2-n2cncn2)c1. The number of hydrogen-bond donors (Lipinski definition) is 1. The molecule has 8 heteroatoms. The van der Waals surface area contributed by atoms with Crippen LogP contribution in [0.15, 0.2) is 49.1 Å². The first-order chi connectivity index (χ1) is 12.9. The van der Waals surface area contributed by atoms with Crippen molar-refractivity contribution in [1.82, 2.24) is 14.8 Å². The third kappa shape index (κ3) is 4.71. The zero-order valence-corrected chi connectivity index (χ0v) is 15.5. The van der Waals surface area contributed by atoms with Gasteiger partial charge in [-0.3, -0.25) is 4.79 Å². The summed E-state index contributed by atoms with van der Waals surface area (Å²) in [6.07, 6.45) is 2.88. The van der Waals surface area contributed by atoms with Gasteiger partial charge >= 0.3 is 5.97 Å². The number of esters is 1. The van der Waals surface area contributed by atoms with Crippen molar-refractivity contribution in [3.05, 3.63) is 70.8 Å². The number of amides is 1. The molecule has 138 valence electrons. The quantitative estimate of drug-likeness (QED) is 0.682. The van der Waals surface area contributed by atoms with Gasteiger partial charge in [-0.15, -0.1) is 0 Å². The van der Waals surface area contributed by atoms with Gasteiger partial charge < -0.3 is 10.1 Å². The highest BCUT2D eigenvalue weighted by molar-refractivity contribution is 6.31. The van der Waals surface area contributed by atoms with Crippen LogP contribution in [0.5, 0.6) is 0 Å². The zero-order chi connectivity index (χ0) is 19.4. The van der Waals surface area contributed by atoms with Gasteiger partial charge in [0.2, 0.25) is 0 Å². The second kappa shape index (κ2) is 8.01. The molecule has 7 nitrogen and oxygen atoms in total. The molecule has 27 heavy (non-hydrogen) atoms. The maximum Gasteiger partial charge on any atom is 0.338 e. The Labute approximate surface area is 160 Å². The lowest BCUT2D eigenvalue weighted by atomic mass is 10.1. The Morgan fingerprint density at radius 1 is 1.15 bits per heavy atom. The molecular weight excluding hydrogens is 368 g/mol. The van der Waals surface area contributed by atoms with E-state index in [9.17, 15) is 9.59 Å². The molecule has 0 spiro atoms. The fourth-order valence-corrected chi connectivity index (χ4v) is 2.81. The second-order valence-electron chi connectivity index (χ2n) is 6.00. The van der Waals surface area contributed by atoms with Gasteiger partial charge in [0.05, 0.1) is 16.9 Å². The molecule has 3 rings (SSSR count). The Morgan fingerprint density at radius 3 is 2.56 bits per heavy atom. The number of rotatable bonds is 5. The molecule has 1 heterocycles. The summed E-state index contributed by atoms with van der Waals surface area (Å²) >= 11 is 6.02. The molecule has 0 aliphatic carbocycles. The predicted octanol–water partition coefficient (Wildman–Crippen LogP) is 3.33. The number of ether oxygens (including phenoxy) is 1. The first-order valence-electron chi connectivity index (χ1n) is 8.12. The van der Waals surface area contributed by atoms with Crippen LogP contribution in [0.1, 0.15) is 21.5 Å². The summed E-state index contributed by atoms with van der Waals surface area (Å²) in [5, 5.41) is 7.17. The molecule has 3 aromatic rings. The average molecular weight is 385 g/mol. The van der Waals surface area contributed by atoms with E-state index in [0.29, 0.717) is 22.0 Å². The third-order valence-corrected chi connectivity index (χ3v) is 3.93. The first-order valence-corrected chi connectivity index (χ1v) is 8.50. The van der Waals surface area contributed by atoms with E-state index in [-0.39, 0.29) is 0 Å². The van der Waals surface area contributed by atoms with Gasteiger partial charge in [-0.05, 0) is 44.2 Å². The number of carbonyl (C=O) groups is 2. The van der Waals surface area contributed by atoms with Crippen molar-refractivity contribution in [2.45, 2.75) is 13.8 Å². The molecule has 1 amide bonds. The van der Waals surface area contributed by atoms with Gasteiger partial charge in [0.25, 0.3) is 5.91 Å². The van der Waals surface area contributed by atoms with E-state index in [2.05, 4.69) is 15.4 Å². The van der Waals surface area contributed by atoms with E-state index in [1.54, 1.807) is 30.3 Å². The summed E-state index contributed by atoms with van der Waals surface area (Å²) in [7, 11) is 0. The van der Waals surface area contributed by atoms with Gasteiger partial charge in [0.1, 0.15) is 12.7 Å². The number of benzene rings is 2. The van der Waals surface area contributed by atoms with Crippen LogP contribution in [0.4, 0.5) is 5.69 Å². The lowest BCUT2D eigenvalue weighted by Gasteiger charge is -2.12. The van der Waals surface area contributed by atoms with Gasteiger partial charge in [-0.25, -0.2) is 14.5 Å². The van der Waals surface area contributed by atoms with Crippen molar-refractivity contribution in [1.29, 1.82) is 0 Å². The number of nitrogens with one attached hydrogen (secondary N) is 1. The average Bonchev–Trinajstić information content (AvgIpc) is 3.13. The number of anilines is 1. The van der Waals surface area contributed by atoms with Crippen LogP contribution < -0.4 is 5.32 Å². The van der Waals surface area contributed by atoms with Gasteiger partial charge in [-0.1, -0.05) is 28.8 Å². The number of aromatic nitrogens is 3. The zero-order valence-electron chi connectivity index (χ0n) is 14.8. The summed E-state index contributed by atoms with van der Waals surface area (Å²) in [6.45, 7) is 3.36. The Balaban J connectivity index is 1.68. The van der Waals surface area contributed by atoms with Gasteiger partial charge in [-0.2, -0.15) is 5.10 Å². The largest absolute Gasteiger partial charge is 0.452 e. The lowest BCUT2D eigenvalue weighted by molar-refractivity contribution is -0.119. The number of aryl methyl sites for hydroxylation is 2. The summed E-state index contributed by atoms with van der Waals surface area (Å²) in [4.78, 5) is 28.3. The van der Waals surface area contributed by atoms with Gasteiger partial charge in [0.15, 0.2) is 6.61 Å². The molecule has 1 aromatic heterocycles. The number of hydrogen-bond acceptors (Lipinski definition) is 5. The van der Waals surface area contributed by atoms with Crippen LogP contribution in [0.3, 0.4) is 0 Å². The van der Waals surface area contributed by atoms with Crippen LogP contribution in [-0.2, 0) is 9.53 Å². The molecule has 0 unspecified atom stereocenters. The Bertz CT molecular complexity index is 966. The predicted molar refractivity (Wildman–Crippen MR) is 101 cm³/mol. The Kier molecular flexibility index (Phi) is 5.52. The maximum atomic E-state index is 12.2. The monoisotopic (exact) mass is 384 g/mol. The highest BCUT2D eigenvalue weighted by atomic mass is 35.5. The van der Waals surface area contributed by atoms with E-state index in [0.717, 1.165) is 11.1 Å². The minimum Gasteiger partial charge on any atom is -0.452 e. The van der Waals surface area contributed by atoms with Crippen LogP contribution >= 0.6 is 11.6 Å². The highest BCUT2D eigenvalue weighted by Crippen LogP contribution is 2.24. The summed E-state index contributed by atoms with van der Waals surface area (Å²) in [5.41, 5.74) is 3.32. The van der Waals surface area contributed by atoms with Crippen molar-refractivity contribution >= 4 is 29.2 Å². The fourth-order valence-electron chi connectivity index (χ4n) is 2.63. The van der Waals surface area contributed by atoms with Crippen LogP contribution in [0, 0.1) is 13.8 Å². The van der Waals surface area contributed by atoms with Crippen molar-refractivity contribution in [3.63, 3.8) is 0 Å². The van der Waals surface area contributed by atoms with Crippen LogP contribution in [0.2, 0.25) is 5.02 Å². The van der Waals surface area contributed by atoms with E-state index >= 15 is 0 Å². The topological polar surface area (TPSA) is 86.1 Å². The molecule has 0 aliphatic rings. The molecule has 0 fully saturated rings. The van der Waals surface area contributed by atoms with Crippen molar-refractivity contribution in [2.75, 3.05) is 11.9 Å². The number of carbonyl (C=O) groups excluding carboxylic acids is 2. The van der Waals surface area contributed by atoms with E-state index < -0.39 is 18.5 Å². The first kappa shape index (κ1) is 18.6. The van der Waals surface area contributed by atoms with E-state index in [4.69, 9.17) is 16.3 Å². The molecule has 0 saturated heterocycles. The molecular formula is C19H17ClN4O3. The molecule has 0 radical (unpaired) electrons. The maximum absolute atomic E-state index is 12.2. The summed E-state index contributed by atoms with van der Waals surface area (Å²) in [5.74, 6) is -1.05. The van der Waals surface area contributed by atoms with Gasteiger partial charge in [0, 0.05) is 5.02 Å². The molecule has 1 N–H and O–H groups in total. The van der Waals surface area contributed by atoms with Crippen molar-refractivity contribution < 1.29 is 14.3 Å². The minimum atomic E-state index is -0.556. The highest BCUT2D eigenvalue weighted by Gasteiger charge is 2.14. The van der Waals surface area contributed by atoms with Crippen molar-refractivity contribution in [2.24, 2.45) is 0 Å². The standard InChI is InChI=1S/C19H17ClN4O3/c1-12-5-13(2)7-14(6-12)19(26)27-9-18(25)23-16-8-15(20)3-4-17(16)24-11-21-10-22-24/h3-8,10-11H,9H2,1-2H3,(H,23,25). The van der Waals surface area contributed by atoms with E-state index in [1.165, 1.54) is 17.3 Å². The normalized spacial score (nSPS) is 10.5. The number of halogens is 1. The second-order valence-corrected chi connectivity index (χ2v) is 6.44.